The molecule has 2 heterocycles. The van der Waals surface area contributed by atoms with Crippen LogP contribution in [0.15, 0.2) is 38.7 Å². The molecule has 98 valence electrons. The summed E-state index contributed by atoms with van der Waals surface area (Å²) in [5, 5.41) is 5.62. The summed E-state index contributed by atoms with van der Waals surface area (Å²) in [5.41, 5.74) is 0. The number of rotatable bonds is 7. The summed E-state index contributed by atoms with van der Waals surface area (Å²) < 4.78 is 6.62. The third-order valence-corrected chi connectivity index (χ3v) is 4.50. The predicted octanol–water partition coefficient (Wildman–Crippen LogP) is 4.78. The molecule has 18 heavy (non-hydrogen) atoms. The molecule has 0 saturated heterocycles. The van der Waals surface area contributed by atoms with Crippen molar-refractivity contribution < 1.29 is 4.42 Å². The number of halogens is 1. The van der Waals surface area contributed by atoms with E-state index in [0.29, 0.717) is 6.04 Å². The van der Waals surface area contributed by atoms with E-state index in [1.165, 1.54) is 11.3 Å². The van der Waals surface area contributed by atoms with E-state index in [4.69, 9.17) is 4.42 Å². The van der Waals surface area contributed by atoms with Crippen molar-refractivity contribution in [2.24, 2.45) is 0 Å². The molecule has 2 nitrogen and oxygen atoms in total. The fraction of sp³-hybridized carbons (Fsp3) is 0.429. The van der Waals surface area contributed by atoms with Crippen LogP contribution < -0.4 is 5.32 Å². The van der Waals surface area contributed by atoms with Crippen molar-refractivity contribution in [1.29, 1.82) is 0 Å². The van der Waals surface area contributed by atoms with E-state index < -0.39 is 0 Å². The highest BCUT2D eigenvalue weighted by atomic mass is 79.9. The minimum Gasteiger partial charge on any atom is -0.466 e. The van der Waals surface area contributed by atoms with Crippen molar-refractivity contribution in [3.63, 3.8) is 0 Å². The van der Waals surface area contributed by atoms with E-state index in [1.807, 2.05) is 17.4 Å². The molecule has 4 heteroatoms. The largest absolute Gasteiger partial charge is 0.466 e. The molecule has 0 spiro atoms. The first-order chi connectivity index (χ1) is 8.81. The van der Waals surface area contributed by atoms with Gasteiger partial charge in [-0.2, -0.15) is 0 Å². The van der Waals surface area contributed by atoms with Crippen molar-refractivity contribution in [1.82, 2.24) is 5.32 Å². The highest BCUT2D eigenvalue weighted by Gasteiger charge is 2.16. The molecule has 2 aromatic rings. The van der Waals surface area contributed by atoms with Gasteiger partial charge in [0.25, 0.3) is 0 Å². The maximum Gasteiger partial charge on any atom is 0.134 e. The maximum atomic E-state index is 5.56. The second-order valence-electron chi connectivity index (χ2n) is 4.21. The van der Waals surface area contributed by atoms with Crippen LogP contribution in [0.2, 0.25) is 0 Å². The van der Waals surface area contributed by atoms with Crippen LogP contribution in [0.4, 0.5) is 0 Å². The van der Waals surface area contributed by atoms with Gasteiger partial charge in [-0.1, -0.05) is 13.0 Å². The standard InChI is InChI=1S/C14H18BrNOS/c1-2-16-13(14-12(15)8-9-17-14)7-3-5-11-6-4-10-18-11/h4,6,8-10,13,16H,2-3,5,7H2,1H3. The zero-order valence-corrected chi connectivity index (χ0v) is 12.9. The molecule has 2 aromatic heterocycles. The van der Waals surface area contributed by atoms with Crippen molar-refractivity contribution in [2.45, 2.75) is 32.2 Å². The number of hydrogen-bond acceptors (Lipinski definition) is 3. The van der Waals surface area contributed by atoms with Gasteiger partial charge in [0.05, 0.1) is 16.8 Å². The minimum atomic E-state index is 0.305. The molecule has 0 aromatic carbocycles. The molecule has 0 aliphatic carbocycles. The van der Waals surface area contributed by atoms with Crippen LogP contribution in [0.25, 0.3) is 0 Å². The third-order valence-electron chi connectivity index (χ3n) is 2.91. The number of hydrogen-bond donors (Lipinski definition) is 1. The highest BCUT2D eigenvalue weighted by Crippen LogP contribution is 2.28. The fourth-order valence-corrected chi connectivity index (χ4v) is 3.29. The Bertz CT molecular complexity index is 452. The van der Waals surface area contributed by atoms with Crippen LogP contribution in [0.5, 0.6) is 0 Å². The van der Waals surface area contributed by atoms with Crippen molar-refractivity contribution in [2.75, 3.05) is 6.54 Å². The molecule has 1 unspecified atom stereocenters. The number of nitrogens with one attached hydrogen (secondary N) is 1. The van der Waals surface area contributed by atoms with Gasteiger partial charge in [-0.05, 0) is 59.2 Å². The Hall–Kier alpha value is -0.580. The van der Waals surface area contributed by atoms with Crippen molar-refractivity contribution in [3.05, 3.63) is 45.0 Å². The lowest BCUT2D eigenvalue weighted by molar-refractivity contribution is 0.393. The first kappa shape index (κ1) is 13.8. The zero-order valence-electron chi connectivity index (χ0n) is 10.5. The lowest BCUT2D eigenvalue weighted by atomic mass is 10.1. The minimum absolute atomic E-state index is 0.305. The maximum absolute atomic E-state index is 5.56. The van der Waals surface area contributed by atoms with Crippen LogP contribution >= 0.6 is 27.3 Å². The Morgan fingerprint density at radius 1 is 1.44 bits per heavy atom. The fourth-order valence-electron chi connectivity index (χ4n) is 2.06. The Balaban J connectivity index is 1.89. The van der Waals surface area contributed by atoms with Crippen molar-refractivity contribution in [3.8, 4) is 0 Å². The van der Waals surface area contributed by atoms with E-state index in [-0.39, 0.29) is 0 Å². The van der Waals surface area contributed by atoms with Crippen molar-refractivity contribution >= 4 is 27.3 Å². The lowest BCUT2D eigenvalue weighted by Crippen LogP contribution is -2.20. The second-order valence-corrected chi connectivity index (χ2v) is 6.10. The third kappa shape index (κ3) is 3.70. The van der Waals surface area contributed by atoms with E-state index in [1.54, 1.807) is 6.26 Å². The number of thiophene rings is 1. The summed E-state index contributed by atoms with van der Waals surface area (Å²) in [6.45, 7) is 3.08. The smallest absolute Gasteiger partial charge is 0.134 e. The zero-order chi connectivity index (χ0) is 12.8. The summed E-state index contributed by atoms with van der Waals surface area (Å²) in [5.74, 6) is 1.02. The lowest BCUT2D eigenvalue weighted by Gasteiger charge is -2.15. The average Bonchev–Trinajstić information content (AvgIpc) is 2.99. The van der Waals surface area contributed by atoms with Gasteiger partial charge in [0.1, 0.15) is 5.76 Å². The monoisotopic (exact) mass is 327 g/mol. The van der Waals surface area contributed by atoms with E-state index in [2.05, 4.69) is 45.7 Å². The molecule has 0 aliphatic rings. The van der Waals surface area contributed by atoms with Crippen LogP contribution in [-0.2, 0) is 6.42 Å². The summed E-state index contributed by atoms with van der Waals surface area (Å²) in [4.78, 5) is 1.46. The predicted molar refractivity (Wildman–Crippen MR) is 80.1 cm³/mol. The van der Waals surface area contributed by atoms with Gasteiger partial charge in [0.15, 0.2) is 0 Å². The van der Waals surface area contributed by atoms with Gasteiger partial charge < -0.3 is 9.73 Å². The van der Waals surface area contributed by atoms with Gasteiger partial charge in [-0.3, -0.25) is 0 Å². The number of aryl methyl sites for hydroxylation is 1. The Morgan fingerprint density at radius 2 is 2.33 bits per heavy atom. The molecule has 1 atom stereocenters. The first-order valence-corrected chi connectivity index (χ1v) is 7.97. The van der Waals surface area contributed by atoms with Crippen LogP contribution in [-0.4, -0.2) is 6.54 Å². The summed E-state index contributed by atoms with van der Waals surface area (Å²) in [7, 11) is 0. The highest BCUT2D eigenvalue weighted by molar-refractivity contribution is 9.10. The second kappa shape index (κ2) is 7.12. The van der Waals surface area contributed by atoms with Gasteiger partial charge >= 0.3 is 0 Å². The van der Waals surface area contributed by atoms with Crippen LogP contribution in [0.1, 0.15) is 36.4 Å². The van der Waals surface area contributed by atoms with Crippen LogP contribution in [0, 0.1) is 0 Å². The van der Waals surface area contributed by atoms with Gasteiger partial charge in [0, 0.05) is 4.88 Å². The van der Waals surface area contributed by atoms with E-state index >= 15 is 0 Å². The molecular formula is C14H18BrNOS. The number of furan rings is 1. The quantitative estimate of drug-likeness (QED) is 0.791. The molecule has 0 saturated carbocycles. The van der Waals surface area contributed by atoms with E-state index in [0.717, 1.165) is 29.6 Å². The molecule has 0 aliphatic heterocycles. The molecule has 0 fully saturated rings. The molecule has 0 amide bonds. The Labute approximate surface area is 121 Å². The van der Waals surface area contributed by atoms with Crippen LogP contribution in [0.3, 0.4) is 0 Å². The topological polar surface area (TPSA) is 25.2 Å². The molecule has 1 N–H and O–H groups in total. The summed E-state index contributed by atoms with van der Waals surface area (Å²) >= 11 is 5.37. The molecule has 0 bridgehead atoms. The normalized spacial score (nSPS) is 12.8. The molecular weight excluding hydrogens is 310 g/mol. The Morgan fingerprint density at radius 3 is 2.94 bits per heavy atom. The Kier molecular flexibility index (Phi) is 5.47. The summed E-state index contributed by atoms with van der Waals surface area (Å²) in [6, 6.07) is 6.58. The summed E-state index contributed by atoms with van der Waals surface area (Å²) in [6.07, 6.45) is 5.16. The van der Waals surface area contributed by atoms with Gasteiger partial charge in [-0.25, -0.2) is 0 Å². The average molecular weight is 328 g/mol. The van der Waals surface area contributed by atoms with Gasteiger partial charge in [-0.15, -0.1) is 11.3 Å². The van der Waals surface area contributed by atoms with Gasteiger partial charge in [0.2, 0.25) is 0 Å². The molecule has 2 rings (SSSR count). The molecule has 0 radical (unpaired) electrons. The SMILES string of the molecule is CCNC(CCCc1cccs1)c1occc1Br. The first-order valence-electron chi connectivity index (χ1n) is 6.30. The van der Waals surface area contributed by atoms with E-state index in [9.17, 15) is 0 Å².